The molecule has 138 valence electrons. The zero-order chi connectivity index (χ0) is 18.8. The van der Waals surface area contributed by atoms with Gasteiger partial charge in [0.2, 0.25) is 11.8 Å². The number of fused-ring (bicyclic) bond motifs is 1. The first-order chi connectivity index (χ1) is 11.6. The Bertz CT molecular complexity index is 667. The molecular formula is C16H19ClF3N3O2. The molecule has 0 saturated carbocycles. The van der Waals surface area contributed by atoms with E-state index in [0.29, 0.717) is 29.1 Å². The van der Waals surface area contributed by atoms with Gasteiger partial charge in [0.1, 0.15) is 12.6 Å². The number of amides is 2. The fourth-order valence-corrected chi connectivity index (χ4v) is 3.02. The Morgan fingerprint density at radius 1 is 1.44 bits per heavy atom. The van der Waals surface area contributed by atoms with Crippen LogP contribution in [0.4, 0.5) is 18.9 Å². The van der Waals surface area contributed by atoms with E-state index in [1.807, 2.05) is 12.2 Å². The Kier molecular flexibility index (Phi) is 5.95. The average molecular weight is 378 g/mol. The maximum atomic E-state index is 12.7. The molecule has 0 saturated heterocycles. The number of nitrogens with zero attached hydrogens (tertiary/aromatic N) is 1. The van der Waals surface area contributed by atoms with Gasteiger partial charge < -0.3 is 11.1 Å². The summed E-state index contributed by atoms with van der Waals surface area (Å²) in [6.45, 7) is 0.404. The van der Waals surface area contributed by atoms with E-state index >= 15 is 0 Å². The van der Waals surface area contributed by atoms with Crippen molar-refractivity contribution in [2.24, 2.45) is 5.73 Å². The molecule has 0 radical (unpaired) electrons. The third-order valence-corrected chi connectivity index (χ3v) is 4.18. The number of alkyl halides is 3. The van der Waals surface area contributed by atoms with E-state index in [0.717, 1.165) is 0 Å². The standard InChI is InChI=1S/C16H19ClF3N3O2/c1-2-3-11(21)15(25)23-12-5-4-10(17)6-9(12)7-13(23)14(24)22-8-16(18,19)20/h4-6,11,13H,2-3,7-8,21H2,1H3,(H,22,24). The monoisotopic (exact) mass is 377 g/mol. The zero-order valence-corrected chi connectivity index (χ0v) is 14.3. The number of halogens is 4. The quantitative estimate of drug-likeness (QED) is 0.827. The molecule has 9 heteroatoms. The van der Waals surface area contributed by atoms with Gasteiger partial charge in [0, 0.05) is 17.1 Å². The van der Waals surface area contributed by atoms with Crippen molar-refractivity contribution in [3.8, 4) is 0 Å². The molecule has 2 rings (SSSR count). The SMILES string of the molecule is CCCC(N)C(=O)N1c2ccc(Cl)cc2CC1C(=O)NCC(F)(F)F. The van der Waals surface area contributed by atoms with Gasteiger partial charge in [-0.25, -0.2) is 0 Å². The largest absolute Gasteiger partial charge is 0.405 e. The Balaban J connectivity index is 2.28. The molecule has 0 fully saturated rings. The van der Waals surface area contributed by atoms with Crippen molar-refractivity contribution in [3.05, 3.63) is 28.8 Å². The van der Waals surface area contributed by atoms with Crippen molar-refractivity contribution in [2.75, 3.05) is 11.4 Å². The van der Waals surface area contributed by atoms with Crippen LogP contribution in [0.1, 0.15) is 25.3 Å². The second-order valence-electron chi connectivity index (χ2n) is 5.93. The molecule has 1 aromatic carbocycles. The Labute approximate surface area is 148 Å². The van der Waals surface area contributed by atoms with Crippen molar-refractivity contribution >= 4 is 29.1 Å². The number of rotatable bonds is 5. The molecule has 1 aliphatic rings. The molecule has 0 aliphatic carbocycles. The van der Waals surface area contributed by atoms with Gasteiger partial charge in [0.05, 0.1) is 6.04 Å². The first-order valence-electron chi connectivity index (χ1n) is 7.85. The Hall–Kier alpha value is -1.80. The number of anilines is 1. The van der Waals surface area contributed by atoms with Crippen LogP contribution in [-0.4, -0.2) is 36.6 Å². The summed E-state index contributed by atoms with van der Waals surface area (Å²) in [6.07, 6.45) is -3.36. The van der Waals surface area contributed by atoms with E-state index < -0.39 is 36.6 Å². The highest BCUT2D eigenvalue weighted by Crippen LogP contribution is 2.35. The molecule has 3 N–H and O–H groups in total. The van der Waals surface area contributed by atoms with Gasteiger partial charge in [-0.2, -0.15) is 13.2 Å². The molecular weight excluding hydrogens is 359 g/mol. The summed E-state index contributed by atoms with van der Waals surface area (Å²) in [7, 11) is 0. The van der Waals surface area contributed by atoms with Crippen molar-refractivity contribution in [1.29, 1.82) is 0 Å². The van der Waals surface area contributed by atoms with E-state index in [1.54, 1.807) is 18.2 Å². The van der Waals surface area contributed by atoms with Gasteiger partial charge in [-0.05, 0) is 30.2 Å². The number of benzene rings is 1. The molecule has 2 unspecified atom stereocenters. The van der Waals surface area contributed by atoms with Crippen LogP contribution < -0.4 is 16.0 Å². The van der Waals surface area contributed by atoms with E-state index in [4.69, 9.17) is 17.3 Å². The minimum Gasteiger partial charge on any atom is -0.345 e. The number of hydrogen-bond acceptors (Lipinski definition) is 3. The smallest absolute Gasteiger partial charge is 0.345 e. The minimum absolute atomic E-state index is 0.0875. The molecule has 1 aliphatic heterocycles. The van der Waals surface area contributed by atoms with Crippen LogP contribution in [0.25, 0.3) is 0 Å². The summed E-state index contributed by atoms with van der Waals surface area (Å²) in [5.41, 5.74) is 6.95. The van der Waals surface area contributed by atoms with Crippen LogP contribution in [0.3, 0.4) is 0 Å². The Morgan fingerprint density at radius 3 is 2.72 bits per heavy atom. The van der Waals surface area contributed by atoms with Crippen LogP contribution in [-0.2, 0) is 16.0 Å². The lowest BCUT2D eigenvalue weighted by Gasteiger charge is -2.27. The summed E-state index contributed by atoms with van der Waals surface area (Å²) < 4.78 is 37.1. The van der Waals surface area contributed by atoms with Gasteiger partial charge in [-0.1, -0.05) is 24.9 Å². The molecule has 25 heavy (non-hydrogen) atoms. The fraction of sp³-hybridized carbons (Fsp3) is 0.500. The number of nitrogens with two attached hydrogens (primary N) is 1. The summed E-state index contributed by atoms with van der Waals surface area (Å²) in [5, 5.41) is 2.26. The molecule has 0 bridgehead atoms. The lowest BCUT2D eigenvalue weighted by atomic mass is 10.1. The molecule has 0 spiro atoms. The maximum Gasteiger partial charge on any atom is 0.405 e. The third kappa shape index (κ3) is 4.64. The third-order valence-electron chi connectivity index (χ3n) is 3.95. The maximum absolute atomic E-state index is 12.7. The van der Waals surface area contributed by atoms with Crippen LogP contribution in [0.5, 0.6) is 0 Å². The van der Waals surface area contributed by atoms with Crippen LogP contribution >= 0.6 is 11.6 Å². The van der Waals surface area contributed by atoms with Crippen LogP contribution in [0.15, 0.2) is 18.2 Å². The number of nitrogens with one attached hydrogen (secondary N) is 1. The van der Waals surface area contributed by atoms with Gasteiger partial charge in [0.15, 0.2) is 0 Å². The van der Waals surface area contributed by atoms with Crippen molar-refractivity contribution in [2.45, 2.75) is 44.4 Å². The summed E-state index contributed by atoms with van der Waals surface area (Å²) in [5.74, 6) is -1.36. The van der Waals surface area contributed by atoms with E-state index in [-0.39, 0.29) is 6.42 Å². The highest BCUT2D eigenvalue weighted by Gasteiger charge is 2.41. The van der Waals surface area contributed by atoms with E-state index in [2.05, 4.69) is 0 Å². The average Bonchev–Trinajstić information content (AvgIpc) is 2.89. The highest BCUT2D eigenvalue weighted by molar-refractivity contribution is 6.30. The summed E-state index contributed by atoms with van der Waals surface area (Å²) in [6, 6.07) is 2.82. The lowest BCUT2D eigenvalue weighted by molar-refractivity contribution is -0.139. The molecule has 2 atom stereocenters. The van der Waals surface area contributed by atoms with Gasteiger partial charge in [0.25, 0.3) is 0 Å². The van der Waals surface area contributed by atoms with Crippen molar-refractivity contribution in [3.63, 3.8) is 0 Å². The first kappa shape index (κ1) is 19.5. The Morgan fingerprint density at radius 2 is 2.12 bits per heavy atom. The molecule has 0 aromatic heterocycles. The summed E-state index contributed by atoms with van der Waals surface area (Å²) >= 11 is 5.93. The number of hydrogen-bond donors (Lipinski definition) is 2. The van der Waals surface area contributed by atoms with Crippen molar-refractivity contribution < 1.29 is 22.8 Å². The molecule has 2 amide bonds. The summed E-state index contributed by atoms with van der Waals surface area (Å²) in [4.78, 5) is 26.1. The zero-order valence-electron chi connectivity index (χ0n) is 13.6. The predicted octanol–water partition coefficient (Wildman–Crippen LogP) is 2.40. The molecule has 5 nitrogen and oxygen atoms in total. The number of carbonyl (C=O) groups excluding carboxylic acids is 2. The van der Waals surface area contributed by atoms with Crippen LogP contribution in [0, 0.1) is 0 Å². The van der Waals surface area contributed by atoms with E-state index in [9.17, 15) is 22.8 Å². The highest BCUT2D eigenvalue weighted by atomic mass is 35.5. The number of carbonyl (C=O) groups is 2. The van der Waals surface area contributed by atoms with E-state index in [1.165, 1.54) is 4.90 Å². The fourth-order valence-electron chi connectivity index (χ4n) is 2.82. The van der Waals surface area contributed by atoms with Gasteiger partial charge in [-0.15, -0.1) is 0 Å². The molecule has 1 aromatic rings. The lowest BCUT2D eigenvalue weighted by Crippen LogP contribution is -2.53. The minimum atomic E-state index is -4.53. The topological polar surface area (TPSA) is 75.4 Å². The molecule has 1 heterocycles. The predicted molar refractivity (Wildman–Crippen MR) is 88.4 cm³/mol. The second kappa shape index (κ2) is 7.61. The van der Waals surface area contributed by atoms with Crippen LogP contribution in [0.2, 0.25) is 5.02 Å². The van der Waals surface area contributed by atoms with Gasteiger partial charge in [-0.3, -0.25) is 14.5 Å². The normalized spacial score (nSPS) is 18.0. The first-order valence-corrected chi connectivity index (χ1v) is 8.23. The van der Waals surface area contributed by atoms with Crippen molar-refractivity contribution in [1.82, 2.24) is 5.32 Å². The second-order valence-corrected chi connectivity index (χ2v) is 6.37. The van der Waals surface area contributed by atoms with Gasteiger partial charge >= 0.3 is 6.18 Å².